The molecule has 0 atom stereocenters. The Kier molecular flexibility index (Phi) is 2.62. The first-order chi connectivity index (χ1) is 10.3. The zero-order chi connectivity index (χ0) is 14.4. The molecular weight excluding hydrogens is 266 g/mol. The van der Waals surface area contributed by atoms with Crippen LogP contribution in [0.4, 0.5) is 5.69 Å². The molecule has 4 rings (SSSR count). The highest BCUT2D eigenvalue weighted by atomic mass is 16.2. The number of carbonyl (C=O) groups excluding carboxylic acids is 2. The van der Waals surface area contributed by atoms with Crippen molar-refractivity contribution in [2.45, 2.75) is 13.0 Å². The number of nitrogens with one attached hydrogen (secondary N) is 1. The van der Waals surface area contributed by atoms with Crippen LogP contribution in [-0.2, 0) is 13.0 Å². The van der Waals surface area contributed by atoms with Crippen LogP contribution in [0.1, 0.15) is 31.8 Å². The smallest absolute Gasteiger partial charge is 0.267 e. The number of benzene rings is 1. The van der Waals surface area contributed by atoms with Gasteiger partial charge in [0.2, 0.25) is 0 Å². The topological polar surface area (TPSA) is 62.3 Å². The maximum absolute atomic E-state index is 12.6. The van der Waals surface area contributed by atoms with Crippen LogP contribution < -0.4 is 10.2 Å². The number of hydrogen-bond donors (Lipinski definition) is 1. The Morgan fingerprint density at radius 1 is 1.10 bits per heavy atom. The van der Waals surface area contributed by atoms with Gasteiger partial charge in [-0.15, -0.1) is 0 Å². The van der Waals surface area contributed by atoms with Crippen LogP contribution in [0.15, 0.2) is 36.7 Å². The van der Waals surface area contributed by atoms with Gasteiger partial charge in [0.1, 0.15) is 0 Å². The van der Waals surface area contributed by atoms with Crippen molar-refractivity contribution in [3.63, 3.8) is 0 Å². The van der Waals surface area contributed by atoms with E-state index in [9.17, 15) is 9.59 Å². The molecule has 0 saturated carbocycles. The second-order valence-electron chi connectivity index (χ2n) is 5.21. The number of fused-ring (bicyclic) bond motifs is 2. The fourth-order valence-electron chi connectivity index (χ4n) is 3.02. The van der Waals surface area contributed by atoms with Crippen molar-refractivity contribution in [2.24, 2.45) is 0 Å². The van der Waals surface area contributed by atoms with E-state index >= 15 is 0 Å². The van der Waals surface area contributed by atoms with Gasteiger partial charge < -0.3 is 5.32 Å². The van der Waals surface area contributed by atoms with Crippen LogP contribution in [0.5, 0.6) is 0 Å². The number of carbonyl (C=O) groups is 2. The van der Waals surface area contributed by atoms with E-state index in [0.29, 0.717) is 16.8 Å². The Hall–Kier alpha value is -2.53. The van der Waals surface area contributed by atoms with Crippen LogP contribution in [0, 0.1) is 0 Å². The normalized spacial score (nSPS) is 16.9. The summed E-state index contributed by atoms with van der Waals surface area (Å²) in [6.07, 6.45) is 3.82. The highest BCUT2D eigenvalue weighted by Crippen LogP contribution is 2.32. The molecule has 21 heavy (non-hydrogen) atoms. The summed E-state index contributed by atoms with van der Waals surface area (Å²) in [4.78, 5) is 30.3. The van der Waals surface area contributed by atoms with Crippen LogP contribution in [0.3, 0.4) is 0 Å². The lowest BCUT2D eigenvalue weighted by atomic mass is 9.98. The summed E-state index contributed by atoms with van der Waals surface area (Å²) in [7, 11) is 0. The highest BCUT2D eigenvalue weighted by Gasteiger charge is 2.38. The molecule has 0 aliphatic carbocycles. The number of hydrogen-bond acceptors (Lipinski definition) is 4. The Bertz CT molecular complexity index is 735. The molecule has 2 aromatic rings. The van der Waals surface area contributed by atoms with E-state index in [1.165, 1.54) is 17.3 Å². The Morgan fingerprint density at radius 2 is 1.95 bits per heavy atom. The quantitative estimate of drug-likeness (QED) is 0.804. The number of pyridine rings is 1. The number of aromatic nitrogens is 1. The predicted octanol–water partition coefficient (Wildman–Crippen LogP) is 1.53. The summed E-state index contributed by atoms with van der Waals surface area (Å²) in [5, 5.41) is 3.30. The molecule has 0 fully saturated rings. The highest BCUT2D eigenvalue weighted by molar-refractivity contribution is 6.34. The van der Waals surface area contributed by atoms with Gasteiger partial charge in [0.05, 0.1) is 16.8 Å². The summed E-state index contributed by atoms with van der Waals surface area (Å²) in [5.74, 6) is -0.542. The van der Waals surface area contributed by atoms with Gasteiger partial charge in [-0.2, -0.15) is 0 Å². The average molecular weight is 279 g/mol. The summed E-state index contributed by atoms with van der Waals surface area (Å²) in [5.41, 5.74) is 3.75. The first-order valence-corrected chi connectivity index (χ1v) is 6.91. The van der Waals surface area contributed by atoms with E-state index in [-0.39, 0.29) is 11.8 Å². The molecule has 3 heterocycles. The van der Waals surface area contributed by atoms with Crippen LogP contribution in [0.2, 0.25) is 0 Å². The second-order valence-corrected chi connectivity index (χ2v) is 5.21. The maximum atomic E-state index is 12.6. The van der Waals surface area contributed by atoms with Crippen molar-refractivity contribution < 1.29 is 9.59 Å². The van der Waals surface area contributed by atoms with Crippen molar-refractivity contribution in [2.75, 3.05) is 11.4 Å². The monoisotopic (exact) mass is 279 g/mol. The minimum Gasteiger partial charge on any atom is -0.312 e. The predicted molar refractivity (Wildman–Crippen MR) is 77.2 cm³/mol. The third-order valence-electron chi connectivity index (χ3n) is 4.04. The van der Waals surface area contributed by atoms with Crippen LogP contribution >= 0.6 is 0 Å². The SMILES string of the molecule is O=C1c2ccncc2C(=O)N1c1cccc2c1CCNC2. The molecule has 2 amide bonds. The summed E-state index contributed by atoms with van der Waals surface area (Å²) < 4.78 is 0. The van der Waals surface area contributed by atoms with Gasteiger partial charge in [0.25, 0.3) is 11.8 Å². The number of amides is 2. The number of imide groups is 1. The minimum atomic E-state index is -0.282. The lowest BCUT2D eigenvalue weighted by Gasteiger charge is -2.24. The zero-order valence-corrected chi connectivity index (χ0v) is 11.3. The molecule has 1 aromatic heterocycles. The van der Waals surface area contributed by atoms with Crippen molar-refractivity contribution in [1.82, 2.24) is 10.3 Å². The number of rotatable bonds is 1. The van der Waals surface area contributed by atoms with E-state index in [0.717, 1.165) is 30.6 Å². The van der Waals surface area contributed by atoms with Gasteiger partial charge in [0.15, 0.2) is 0 Å². The molecule has 0 radical (unpaired) electrons. The molecule has 1 aromatic carbocycles. The molecule has 104 valence electrons. The molecule has 0 saturated heterocycles. The Labute approximate surface area is 121 Å². The first kappa shape index (κ1) is 12.2. The standard InChI is InChI=1S/C16H13N3O2/c20-15-12-5-7-18-9-13(12)16(21)19(15)14-3-1-2-10-8-17-6-4-11(10)14/h1-3,5,7,9,17H,4,6,8H2. The molecule has 0 spiro atoms. The molecule has 5 heteroatoms. The van der Waals surface area contributed by atoms with E-state index in [1.807, 2.05) is 18.2 Å². The zero-order valence-electron chi connectivity index (χ0n) is 11.3. The second kappa shape index (κ2) is 4.49. The fourth-order valence-corrected chi connectivity index (χ4v) is 3.02. The third kappa shape index (κ3) is 1.71. The van der Waals surface area contributed by atoms with Gasteiger partial charge in [-0.25, -0.2) is 4.90 Å². The maximum Gasteiger partial charge on any atom is 0.267 e. The first-order valence-electron chi connectivity index (χ1n) is 6.91. The van der Waals surface area contributed by atoms with Crippen LogP contribution in [-0.4, -0.2) is 23.3 Å². The van der Waals surface area contributed by atoms with Gasteiger partial charge in [-0.3, -0.25) is 14.6 Å². The van der Waals surface area contributed by atoms with E-state index in [2.05, 4.69) is 10.3 Å². The van der Waals surface area contributed by atoms with Crippen molar-refractivity contribution in [1.29, 1.82) is 0 Å². The largest absolute Gasteiger partial charge is 0.312 e. The van der Waals surface area contributed by atoms with Crippen LogP contribution in [0.25, 0.3) is 0 Å². The van der Waals surface area contributed by atoms with Gasteiger partial charge in [-0.05, 0) is 36.2 Å². The average Bonchev–Trinajstić information content (AvgIpc) is 2.79. The Morgan fingerprint density at radius 3 is 2.81 bits per heavy atom. The molecule has 5 nitrogen and oxygen atoms in total. The molecule has 0 unspecified atom stereocenters. The summed E-state index contributed by atoms with van der Waals surface area (Å²) in [6, 6.07) is 7.37. The van der Waals surface area contributed by atoms with Crippen molar-refractivity contribution in [3.05, 3.63) is 58.9 Å². The molecule has 1 N–H and O–H groups in total. The minimum absolute atomic E-state index is 0.260. The van der Waals surface area contributed by atoms with Gasteiger partial charge in [0, 0.05) is 18.9 Å². The van der Waals surface area contributed by atoms with Gasteiger partial charge in [-0.1, -0.05) is 12.1 Å². The number of nitrogens with zero attached hydrogens (tertiary/aromatic N) is 2. The van der Waals surface area contributed by atoms with E-state index in [4.69, 9.17) is 0 Å². The van der Waals surface area contributed by atoms with Crippen molar-refractivity contribution >= 4 is 17.5 Å². The van der Waals surface area contributed by atoms with Crippen molar-refractivity contribution in [3.8, 4) is 0 Å². The molecule has 2 aliphatic heterocycles. The lowest BCUT2D eigenvalue weighted by Crippen LogP contribution is -2.33. The Balaban J connectivity index is 1.86. The van der Waals surface area contributed by atoms with E-state index in [1.54, 1.807) is 6.07 Å². The van der Waals surface area contributed by atoms with Gasteiger partial charge >= 0.3 is 0 Å². The summed E-state index contributed by atoms with van der Waals surface area (Å²) >= 11 is 0. The molecule has 2 aliphatic rings. The fraction of sp³-hybridized carbons (Fsp3) is 0.188. The third-order valence-corrected chi connectivity index (χ3v) is 4.04. The number of anilines is 1. The molecular formula is C16H13N3O2. The van der Waals surface area contributed by atoms with E-state index < -0.39 is 0 Å². The summed E-state index contributed by atoms with van der Waals surface area (Å²) in [6.45, 7) is 1.63. The lowest BCUT2D eigenvalue weighted by molar-refractivity contribution is 0.0926. The molecule has 0 bridgehead atoms.